The van der Waals surface area contributed by atoms with Gasteiger partial charge in [0.05, 0.1) is 11.4 Å². The molecule has 1 aromatic heterocycles. The number of aromatic nitrogens is 1. The minimum Gasteiger partial charge on any atom is -0.399 e. The molecular formula is C14H15N3O. The van der Waals surface area contributed by atoms with Crippen molar-refractivity contribution in [1.82, 2.24) is 4.98 Å². The van der Waals surface area contributed by atoms with Gasteiger partial charge in [0.1, 0.15) is 0 Å². The van der Waals surface area contributed by atoms with Crippen molar-refractivity contribution in [3.8, 4) is 0 Å². The molecule has 0 saturated heterocycles. The second kappa shape index (κ2) is 4.87. The van der Waals surface area contributed by atoms with Crippen LogP contribution in [0.15, 0.2) is 36.4 Å². The average Bonchev–Trinajstić information content (AvgIpc) is 2.33. The summed E-state index contributed by atoms with van der Waals surface area (Å²) < 4.78 is 0. The number of anilines is 2. The Morgan fingerprint density at radius 2 is 1.78 bits per heavy atom. The quantitative estimate of drug-likeness (QED) is 0.794. The molecule has 0 bridgehead atoms. The maximum absolute atomic E-state index is 12.0. The van der Waals surface area contributed by atoms with Crippen LogP contribution in [0.5, 0.6) is 0 Å². The van der Waals surface area contributed by atoms with Gasteiger partial charge in [-0.1, -0.05) is 0 Å². The lowest BCUT2D eigenvalue weighted by molar-refractivity contribution is 0.102. The van der Waals surface area contributed by atoms with Crippen molar-refractivity contribution >= 4 is 17.3 Å². The molecule has 0 unspecified atom stereocenters. The molecule has 0 radical (unpaired) electrons. The Morgan fingerprint density at radius 3 is 2.39 bits per heavy atom. The molecule has 2 rings (SSSR count). The van der Waals surface area contributed by atoms with Crippen LogP contribution in [0.4, 0.5) is 11.4 Å². The molecule has 1 amide bonds. The Morgan fingerprint density at radius 1 is 1.11 bits per heavy atom. The maximum atomic E-state index is 12.0. The van der Waals surface area contributed by atoms with Gasteiger partial charge in [-0.15, -0.1) is 0 Å². The molecule has 0 atom stereocenters. The van der Waals surface area contributed by atoms with Gasteiger partial charge < -0.3 is 11.1 Å². The first-order valence-corrected chi connectivity index (χ1v) is 5.67. The number of hydrogen-bond donors (Lipinski definition) is 2. The fourth-order valence-electron chi connectivity index (χ4n) is 1.65. The van der Waals surface area contributed by atoms with Crippen LogP contribution in [0.3, 0.4) is 0 Å². The predicted octanol–water partition coefficient (Wildman–Crippen LogP) is 2.53. The van der Waals surface area contributed by atoms with Gasteiger partial charge in [-0.3, -0.25) is 9.78 Å². The minimum atomic E-state index is -0.163. The summed E-state index contributed by atoms with van der Waals surface area (Å²) in [4.78, 5) is 16.3. The fraction of sp³-hybridized carbons (Fsp3) is 0.143. The van der Waals surface area contributed by atoms with Crippen molar-refractivity contribution in [2.75, 3.05) is 11.1 Å². The third-order valence-corrected chi connectivity index (χ3v) is 2.65. The van der Waals surface area contributed by atoms with Crippen molar-refractivity contribution in [2.45, 2.75) is 13.8 Å². The monoisotopic (exact) mass is 241 g/mol. The number of carbonyl (C=O) groups is 1. The topological polar surface area (TPSA) is 68.0 Å². The lowest BCUT2D eigenvalue weighted by atomic mass is 10.2. The zero-order valence-corrected chi connectivity index (χ0v) is 10.4. The highest BCUT2D eigenvalue weighted by atomic mass is 16.1. The van der Waals surface area contributed by atoms with Crippen molar-refractivity contribution in [1.29, 1.82) is 0 Å². The number of benzene rings is 1. The first kappa shape index (κ1) is 12.1. The van der Waals surface area contributed by atoms with Gasteiger partial charge in [-0.2, -0.15) is 0 Å². The van der Waals surface area contributed by atoms with Crippen LogP contribution in [0, 0.1) is 13.8 Å². The van der Waals surface area contributed by atoms with Gasteiger partial charge >= 0.3 is 0 Å². The molecule has 3 N–H and O–H groups in total. The van der Waals surface area contributed by atoms with Crippen LogP contribution in [-0.2, 0) is 0 Å². The number of nitrogens with two attached hydrogens (primary N) is 1. The van der Waals surface area contributed by atoms with E-state index in [0.717, 1.165) is 17.1 Å². The smallest absolute Gasteiger partial charge is 0.255 e. The highest BCUT2D eigenvalue weighted by Gasteiger charge is 2.07. The number of nitrogens with one attached hydrogen (secondary N) is 1. The average molecular weight is 241 g/mol. The van der Waals surface area contributed by atoms with Crippen molar-refractivity contribution in [2.24, 2.45) is 0 Å². The molecule has 1 aromatic carbocycles. The highest BCUT2D eigenvalue weighted by Crippen LogP contribution is 2.14. The molecule has 4 heteroatoms. The normalized spacial score (nSPS) is 10.1. The summed E-state index contributed by atoms with van der Waals surface area (Å²) in [7, 11) is 0. The Bertz CT molecular complexity index is 576. The highest BCUT2D eigenvalue weighted by molar-refractivity contribution is 6.04. The van der Waals surface area contributed by atoms with E-state index in [2.05, 4.69) is 10.3 Å². The number of pyridine rings is 1. The molecule has 4 nitrogen and oxygen atoms in total. The van der Waals surface area contributed by atoms with E-state index >= 15 is 0 Å². The van der Waals surface area contributed by atoms with Gasteiger partial charge in [0.25, 0.3) is 5.91 Å². The van der Waals surface area contributed by atoms with E-state index in [1.807, 2.05) is 26.0 Å². The first-order valence-electron chi connectivity index (χ1n) is 5.67. The van der Waals surface area contributed by atoms with E-state index in [1.54, 1.807) is 24.3 Å². The summed E-state index contributed by atoms with van der Waals surface area (Å²) in [5.74, 6) is -0.163. The number of nitrogens with zero attached hydrogens (tertiary/aromatic N) is 1. The second-order valence-electron chi connectivity index (χ2n) is 4.16. The SMILES string of the molecule is Cc1ccc(NC(=O)c2ccc(N)cc2)c(C)n1. The fourth-order valence-corrected chi connectivity index (χ4v) is 1.65. The third-order valence-electron chi connectivity index (χ3n) is 2.65. The van der Waals surface area contributed by atoms with E-state index < -0.39 is 0 Å². The Balaban J connectivity index is 2.18. The van der Waals surface area contributed by atoms with Crippen molar-refractivity contribution in [3.63, 3.8) is 0 Å². The number of rotatable bonds is 2. The Hall–Kier alpha value is -2.36. The van der Waals surface area contributed by atoms with Gasteiger partial charge in [0.2, 0.25) is 0 Å². The molecule has 18 heavy (non-hydrogen) atoms. The van der Waals surface area contributed by atoms with Crippen LogP contribution < -0.4 is 11.1 Å². The molecule has 92 valence electrons. The van der Waals surface area contributed by atoms with Crippen molar-refractivity contribution < 1.29 is 4.79 Å². The second-order valence-corrected chi connectivity index (χ2v) is 4.16. The molecular weight excluding hydrogens is 226 g/mol. The Labute approximate surface area is 106 Å². The Kier molecular flexibility index (Phi) is 3.28. The molecule has 0 aliphatic carbocycles. The first-order chi connectivity index (χ1) is 8.56. The number of aryl methyl sites for hydroxylation is 2. The molecule has 1 heterocycles. The number of amides is 1. The van der Waals surface area contributed by atoms with Crippen LogP contribution in [0.25, 0.3) is 0 Å². The lowest BCUT2D eigenvalue weighted by Crippen LogP contribution is -2.13. The molecule has 0 aliphatic rings. The lowest BCUT2D eigenvalue weighted by Gasteiger charge is -2.08. The van der Waals surface area contributed by atoms with Gasteiger partial charge in [-0.05, 0) is 50.2 Å². The van der Waals surface area contributed by atoms with E-state index in [9.17, 15) is 4.79 Å². The van der Waals surface area contributed by atoms with Gasteiger partial charge in [-0.25, -0.2) is 0 Å². The zero-order chi connectivity index (χ0) is 13.1. The number of nitrogen functional groups attached to an aromatic ring is 1. The van der Waals surface area contributed by atoms with E-state index in [4.69, 9.17) is 5.73 Å². The minimum absolute atomic E-state index is 0.163. The van der Waals surface area contributed by atoms with E-state index in [-0.39, 0.29) is 5.91 Å². The molecule has 0 aliphatic heterocycles. The summed E-state index contributed by atoms with van der Waals surface area (Å²) in [6, 6.07) is 10.5. The van der Waals surface area contributed by atoms with E-state index in [0.29, 0.717) is 11.3 Å². The molecule has 0 saturated carbocycles. The summed E-state index contributed by atoms with van der Waals surface area (Å²) in [6.45, 7) is 3.78. The predicted molar refractivity (Wildman–Crippen MR) is 72.5 cm³/mol. The third kappa shape index (κ3) is 2.66. The standard InChI is InChI=1S/C14H15N3O/c1-9-3-8-13(10(2)16-9)17-14(18)11-4-6-12(15)7-5-11/h3-8H,15H2,1-2H3,(H,17,18). The summed E-state index contributed by atoms with van der Waals surface area (Å²) in [6.07, 6.45) is 0. The molecule has 0 spiro atoms. The van der Waals surface area contributed by atoms with Crippen LogP contribution >= 0.6 is 0 Å². The summed E-state index contributed by atoms with van der Waals surface area (Å²) >= 11 is 0. The maximum Gasteiger partial charge on any atom is 0.255 e. The zero-order valence-electron chi connectivity index (χ0n) is 10.4. The van der Waals surface area contributed by atoms with Crippen LogP contribution in [-0.4, -0.2) is 10.9 Å². The summed E-state index contributed by atoms with van der Waals surface area (Å²) in [5.41, 5.74) is 9.25. The largest absolute Gasteiger partial charge is 0.399 e. The number of hydrogen-bond acceptors (Lipinski definition) is 3. The molecule has 2 aromatic rings. The van der Waals surface area contributed by atoms with Crippen LogP contribution in [0.1, 0.15) is 21.7 Å². The summed E-state index contributed by atoms with van der Waals surface area (Å²) in [5, 5.41) is 2.83. The molecule has 0 fully saturated rings. The van der Waals surface area contributed by atoms with Gasteiger partial charge in [0, 0.05) is 16.9 Å². The van der Waals surface area contributed by atoms with E-state index in [1.165, 1.54) is 0 Å². The number of carbonyl (C=O) groups excluding carboxylic acids is 1. The van der Waals surface area contributed by atoms with Gasteiger partial charge in [0.15, 0.2) is 0 Å². The van der Waals surface area contributed by atoms with Crippen molar-refractivity contribution in [3.05, 3.63) is 53.3 Å². The van der Waals surface area contributed by atoms with Crippen LogP contribution in [0.2, 0.25) is 0 Å².